The first-order chi connectivity index (χ1) is 12.0. The molecule has 0 spiro atoms. The molecular formula is C19H32N4O2. The van der Waals surface area contributed by atoms with E-state index in [0.29, 0.717) is 11.7 Å². The van der Waals surface area contributed by atoms with Gasteiger partial charge in [-0.05, 0) is 38.3 Å². The Morgan fingerprint density at radius 2 is 2.36 bits per heavy atom. The van der Waals surface area contributed by atoms with Crippen LogP contribution in [0.5, 0.6) is 0 Å². The molecule has 140 valence electrons. The Morgan fingerprint density at radius 3 is 3.04 bits per heavy atom. The molecular weight excluding hydrogens is 316 g/mol. The second-order valence-electron chi connectivity index (χ2n) is 7.98. The minimum atomic E-state index is -0.0763. The lowest BCUT2D eigenvalue weighted by atomic mass is 9.64. The average molecular weight is 348 g/mol. The highest BCUT2D eigenvalue weighted by atomic mass is 16.5. The van der Waals surface area contributed by atoms with Gasteiger partial charge in [0.05, 0.1) is 12.1 Å². The Balaban J connectivity index is 1.52. The van der Waals surface area contributed by atoms with Gasteiger partial charge in [-0.1, -0.05) is 27.2 Å². The van der Waals surface area contributed by atoms with Crippen LogP contribution in [0.1, 0.15) is 69.4 Å². The largest absolute Gasteiger partial charge is 0.378 e. The molecule has 0 radical (unpaired) electrons. The standard InChI is InChI=1S/C19H32N4O2/c1-4-5-11-25-17-12-16(19(17,2)3)21-18(24)15-8-10-23(22-15)14-7-6-9-20-13-14/h8,10,14,16-17,20H,4-7,9,11-13H2,1-3H3,(H,21,24). The maximum atomic E-state index is 12.6. The van der Waals surface area contributed by atoms with E-state index in [1.54, 1.807) is 0 Å². The van der Waals surface area contributed by atoms with Crippen LogP contribution in [0.2, 0.25) is 0 Å². The van der Waals surface area contributed by atoms with Crippen molar-refractivity contribution in [1.29, 1.82) is 0 Å². The molecule has 1 aliphatic carbocycles. The van der Waals surface area contributed by atoms with Crippen LogP contribution < -0.4 is 10.6 Å². The zero-order valence-electron chi connectivity index (χ0n) is 15.8. The van der Waals surface area contributed by atoms with Gasteiger partial charge in [-0.15, -0.1) is 0 Å². The monoisotopic (exact) mass is 348 g/mol. The van der Waals surface area contributed by atoms with Gasteiger partial charge in [0.1, 0.15) is 5.69 Å². The molecule has 1 saturated heterocycles. The molecule has 6 heteroatoms. The van der Waals surface area contributed by atoms with Gasteiger partial charge in [0.25, 0.3) is 5.91 Å². The second kappa shape index (κ2) is 7.87. The molecule has 3 rings (SSSR count). The molecule has 1 aliphatic heterocycles. The Labute approximate surface area is 150 Å². The minimum absolute atomic E-state index is 0.0285. The maximum Gasteiger partial charge on any atom is 0.272 e. The number of nitrogens with one attached hydrogen (secondary N) is 2. The minimum Gasteiger partial charge on any atom is -0.378 e. The number of aromatic nitrogens is 2. The van der Waals surface area contributed by atoms with Gasteiger partial charge < -0.3 is 15.4 Å². The number of ether oxygens (including phenoxy) is 1. The zero-order valence-corrected chi connectivity index (χ0v) is 15.8. The fourth-order valence-corrected chi connectivity index (χ4v) is 3.74. The summed E-state index contributed by atoms with van der Waals surface area (Å²) in [6.07, 6.45) is 7.55. The Morgan fingerprint density at radius 1 is 1.52 bits per heavy atom. The summed E-state index contributed by atoms with van der Waals surface area (Å²) in [4.78, 5) is 12.6. The number of hydrogen-bond donors (Lipinski definition) is 2. The van der Waals surface area contributed by atoms with Crippen LogP contribution >= 0.6 is 0 Å². The smallest absolute Gasteiger partial charge is 0.272 e. The van der Waals surface area contributed by atoms with Crippen LogP contribution in [0.15, 0.2) is 12.3 Å². The SMILES string of the molecule is CCCCOC1CC(NC(=O)c2ccn(C3CCCNC3)n2)C1(C)C. The van der Waals surface area contributed by atoms with E-state index in [9.17, 15) is 4.79 Å². The van der Waals surface area contributed by atoms with Gasteiger partial charge in [-0.3, -0.25) is 9.48 Å². The summed E-state index contributed by atoms with van der Waals surface area (Å²) >= 11 is 0. The van der Waals surface area contributed by atoms with Crippen LogP contribution in [-0.4, -0.2) is 47.5 Å². The van der Waals surface area contributed by atoms with Crippen molar-refractivity contribution in [2.24, 2.45) is 5.41 Å². The molecule has 2 aliphatic rings. The fraction of sp³-hybridized carbons (Fsp3) is 0.789. The van der Waals surface area contributed by atoms with Crippen LogP contribution in [0.4, 0.5) is 0 Å². The molecule has 2 heterocycles. The number of hydrogen-bond acceptors (Lipinski definition) is 4. The first-order valence-corrected chi connectivity index (χ1v) is 9.70. The first-order valence-electron chi connectivity index (χ1n) is 9.70. The number of rotatable bonds is 7. The number of carbonyl (C=O) groups is 1. The summed E-state index contributed by atoms with van der Waals surface area (Å²) < 4.78 is 7.89. The molecule has 2 N–H and O–H groups in total. The zero-order chi connectivity index (χ0) is 17.9. The highest BCUT2D eigenvalue weighted by Gasteiger charge is 2.49. The highest BCUT2D eigenvalue weighted by molar-refractivity contribution is 5.92. The van der Waals surface area contributed by atoms with Gasteiger partial charge in [0, 0.05) is 30.8 Å². The van der Waals surface area contributed by atoms with Gasteiger partial charge in [0.2, 0.25) is 0 Å². The van der Waals surface area contributed by atoms with E-state index in [4.69, 9.17) is 4.74 Å². The topological polar surface area (TPSA) is 68.2 Å². The summed E-state index contributed by atoms with van der Waals surface area (Å²) in [5.74, 6) is -0.0763. The van der Waals surface area contributed by atoms with Crippen LogP contribution in [-0.2, 0) is 4.74 Å². The third kappa shape index (κ3) is 4.06. The fourth-order valence-electron chi connectivity index (χ4n) is 3.74. The van der Waals surface area contributed by atoms with E-state index in [1.165, 1.54) is 0 Å². The number of piperidine rings is 1. The quantitative estimate of drug-likeness (QED) is 0.743. The number of unbranched alkanes of at least 4 members (excludes halogenated alkanes) is 1. The third-order valence-corrected chi connectivity index (χ3v) is 5.79. The van der Waals surface area contributed by atoms with Crippen molar-refractivity contribution in [3.05, 3.63) is 18.0 Å². The van der Waals surface area contributed by atoms with Gasteiger partial charge in [0.15, 0.2) is 0 Å². The average Bonchev–Trinajstić information content (AvgIpc) is 3.11. The number of amides is 1. The van der Waals surface area contributed by atoms with Crippen molar-refractivity contribution < 1.29 is 9.53 Å². The molecule has 1 aromatic rings. The third-order valence-electron chi connectivity index (χ3n) is 5.79. The Bertz CT molecular complexity index is 578. The van der Waals surface area contributed by atoms with E-state index in [2.05, 4.69) is 36.5 Å². The van der Waals surface area contributed by atoms with E-state index >= 15 is 0 Å². The van der Waals surface area contributed by atoms with E-state index < -0.39 is 0 Å². The molecule has 3 atom stereocenters. The van der Waals surface area contributed by atoms with Crippen LogP contribution in [0, 0.1) is 5.41 Å². The molecule has 3 unspecified atom stereocenters. The predicted octanol–water partition coefficient (Wildman–Crippen LogP) is 2.52. The highest BCUT2D eigenvalue weighted by Crippen LogP contribution is 2.42. The predicted molar refractivity (Wildman–Crippen MR) is 97.7 cm³/mol. The lowest BCUT2D eigenvalue weighted by Crippen LogP contribution is -2.62. The normalized spacial score (nSPS) is 28.4. The van der Waals surface area contributed by atoms with Crippen LogP contribution in [0.3, 0.4) is 0 Å². The Kier molecular flexibility index (Phi) is 5.79. The van der Waals surface area contributed by atoms with Crippen molar-refractivity contribution in [3.8, 4) is 0 Å². The number of nitrogens with zero attached hydrogens (tertiary/aromatic N) is 2. The summed E-state index contributed by atoms with van der Waals surface area (Å²) in [6, 6.07) is 2.32. The Hall–Kier alpha value is -1.40. The maximum absolute atomic E-state index is 12.6. The van der Waals surface area contributed by atoms with Crippen molar-refractivity contribution >= 4 is 5.91 Å². The summed E-state index contributed by atoms with van der Waals surface area (Å²) in [5.41, 5.74) is 0.482. The van der Waals surface area contributed by atoms with E-state index in [1.807, 2.05) is 16.9 Å². The molecule has 1 amide bonds. The number of carbonyl (C=O) groups excluding carboxylic acids is 1. The van der Waals surface area contributed by atoms with Gasteiger partial charge in [-0.25, -0.2) is 0 Å². The van der Waals surface area contributed by atoms with Gasteiger partial charge in [-0.2, -0.15) is 5.10 Å². The first kappa shape index (κ1) is 18.4. The van der Waals surface area contributed by atoms with Gasteiger partial charge >= 0.3 is 0 Å². The summed E-state index contributed by atoms with van der Waals surface area (Å²) in [5, 5.41) is 11.0. The van der Waals surface area contributed by atoms with Crippen molar-refractivity contribution in [3.63, 3.8) is 0 Å². The molecule has 0 aromatic carbocycles. The molecule has 1 saturated carbocycles. The summed E-state index contributed by atoms with van der Waals surface area (Å²) in [6.45, 7) is 9.32. The molecule has 6 nitrogen and oxygen atoms in total. The molecule has 1 aromatic heterocycles. The summed E-state index contributed by atoms with van der Waals surface area (Å²) in [7, 11) is 0. The van der Waals surface area contributed by atoms with Crippen molar-refractivity contribution in [1.82, 2.24) is 20.4 Å². The van der Waals surface area contributed by atoms with Crippen molar-refractivity contribution in [2.45, 2.75) is 71.1 Å². The molecule has 2 fully saturated rings. The molecule has 0 bridgehead atoms. The van der Waals surface area contributed by atoms with Crippen molar-refractivity contribution in [2.75, 3.05) is 19.7 Å². The lowest BCUT2D eigenvalue weighted by Gasteiger charge is -2.51. The second-order valence-corrected chi connectivity index (χ2v) is 7.98. The van der Waals surface area contributed by atoms with E-state index in [-0.39, 0.29) is 23.5 Å². The van der Waals surface area contributed by atoms with E-state index in [0.717, 1.165) is 51.8 Å². The molecule has 25 heavy (non-hydrogen) atoms. The van der Waals surface area contributed by atoms with Crippen LogP contribution in [0.25, 0.3) is 0 Å². The lowest BCUT2D eigenvalue weighted by molar-refractivity contribution is -0.115.